The highest BCUT2D eigenvalue weighted by Gasteiger charge is 2.13. The summed E-state index contributed by atoms with van der Waals surface area (Å²) in [6.45, 7) is 4.27. The number of hydrogen-bond donors (Lipinski definition) is 3. The van der Waals surface area contributed by atoms with Crippen molar-refractivity contribution in [2.24, 2.45) is 0 Å². The number of imidazole rings is 1. The van der Waals surface area contributed by atoms with E-state index in [0.717, 1.165) is 18.7 Å². The molecule has 2 heterocycles. The molecule has 1 unspecified atom stereocenters. The van der Waals surface area contributed by atoms with E-state index in [4.69, 9.17) is 0 Å². The second-order valence-electron chi connectivity index (χ2n) is 5.00. The normalized spacial score (nSPS) is 12.9. The van der Waals surface area contributed by atoms with Crippen LogP contribution in [0.5, 0.6) is 0 Å². The van der Waals surface area contributed by atoms with Crippen LogP contribution in [0.4, 0.5) is 0 Å². The van der Waals surface area contributed by atoms with Crippen molar-refractivity contribution in [1.29, 1.82) is 0 Å². The Bertz CT molecular complexity index is 652. The smallest absolute Gasteiger partial charge is 0.327 e. The van der Waals surface area contributed by atoms with Crippen molar-refractivity contribution in [3.05, 3.63) is 26.7 Å². The summed E-state index contributed by atoms with van der Waals surface area (Å²) in [6, 6.07) is 0. The molecular weight excluding hydrogens is 244 g/mol. The Hall–Kier alpha value is -1.85. The van der Waals surface area contributed by atoms with Gasteiger partial charge in [-0.05, 0) is 6.42 Å². The molecule has 0 aliphatic carbocycles. The average molecular weight is 264 g/mol. The number of aromatic amines is 3. The molecule has 0 radical (unpaired) electrons. The van der Waals surface area contributed by atoms with E-state index in [1.807, 2.05) is 0 Å². The second kappa shape index (κ2) is 5.86. The Morgan fingerprint density at radius 3 is 2.63 bits per heavy atom. The van der Waals surface area contributed by atoms with Crippen molar-refractivity contribution in [3.8, 4) is 0 Å². The largest absolute Gasteiger partial charge is 0.336 e. The zero-order valence-corrected chi connectivity index (χ0v) is 11.4. The van der Waals surface area contributed by atoms with Crippen LogP contribution in [0.1, 0.15) is 57.7 Å². The lowest BCUT2D eigenvalue weighted by Crippen LogP contribution is -2.21. The van der Waals surface area contributed by atoms with Crippen LogP contribution in [-0.2, 0) is 0 Å². The van der Waals surface area contributed by atoms with Gasteiger partial charge in [0.15, 0.2) is 5.65 Å². The van der Waals surface area contributed by atoms with E-state index >= 15 is 0 Å². The molecule has 0 spiro atoms. The van der Waals surface area contributed by atoms with E-state index in [1.165, 1.54) is 19.3 Å². The molecule has 0 fully saturated rings. The van der Waals surface area contributed by atoms with E-state index < -0.39 is 11.2 Å². The summed E-state index contributed by atoms with van der Waals surface area (Å²) in [5, 5.41) is 0. The van der Waals surface area contributed by atoms with Gasteiger partial charge in [-0.2, -0.15) is 0 Å². The van der Waals surface area contributed by atoms with Crippen LogP contribution < -0.4 is 11.2 Å². The third kappa shape index (κ3) is 3.13. The SMILES string of the molecule is CCCCCCC(C)c1nc2[nH]c(=O)[nH]c(=O)c2[nH]1. The summed E-state index contributed by atoms with van der Waals surface area (Å²) in [4.78, 5) is 34.8. The van der Waals surface area contributed by atoms with E-state index in [0.29, 0.717) is 11.2 Å². The lowest BCUT2D eigenvalue weighted by molar-refractivity contribution is 0.566. The van der Waals surface area contributed by atoms with Crippen LogP contribution in [0.2, 0.25) is 0 Å². The van der Waals surface area contributed by atoms with Crippen molar-refractivity contribution in [2.45, 2.75) is 51.9 Å². The first-order valence-electron chi connectivity index (χ1n) is 6.84. The molecule has 2 aromatic rings. The summed E-state index contributed by atoms with van der Waals surface area (Å²) < 4.78 is 0. The van der Waals surface area contributed by atoms with Gasteiger partial charge in [0.05, 0.1) is 0 Å². The molecule has 19 heavy (non-hydrogen) atoms. The summed E-state index contributed by atoms with van der Waals surface area (Å²) in [5.41, 5.74) is -0.263. The van der Waals surface area contributed by atoms with Crippen molar-refractivity contribution < 1.29 is 0 Å². The monoisotopic (exact) mass is 264 g/mol. The van der Waals surface area contributed by atoms with E-state index in [9.17, 15) is 9.59 Å². The number of hydrogen-bond acceptors (Lipinski definition) is 3. The quantitative estimate of drug-likeness (QED) is 0.696. The zero-order chi connectivity index (χ0) is 13.8. The molecule has 0 amide bonds. The van der Waals surface area contributed by atoms with Crippen molar-refractivity contribution >= 4 is 11.2 Å². The number of nitrogens with one attached hydrogen (secondary N) is 3. The van der Waals surface area contributed by atoms with Gasteiger partial charge in [-0.15, -0.1) is 0 Å². The predicted molar refractivity (Wildman–Crippen MR) is 74.5 cm³/mol. The number of fused-ring (bicyclic) bond motifs is 1. The van der Waals surface area contributed by atoms with Gasteiger partial charge in [0.2, 0.25) is 0 Å². The molecule has 0 aliphatic heterocycles. The minimum atomic E-state index is -0.522. The topological polar surface area (TPSA) is 94.4 Å². The Balaban J connectivity index is 2.14. The molecule has 3 N–H and O–H groups in total. The van der Waals surface area contributed by atoms with Gasteiger partial charge >= 0.3 is 5.69 Å². The molecule has 1 atom stereocenters. The molecule has 0 saturated heterocycles. The number of aromatic nitrogens is 4. The van der Waals surface area contributed by atoms with Gasteiger partial charge in [0.25, 0.3) is 5.56 Å². The van der Waals surface area contributed by atoms with E-state index in [2.05, 4.69) is 33.8 Å². The molecule has 2 rings (SSSR count). The molecule has 6 nitrogen and oxygen atoms in total. The van der Waals surface area contributed by atoms with Crippen LogP contribution in [0.25, 0.3) is 11.2 Å². The second-order valence-corrected chi connectivity index (χ2v) is 5.00. The highest BCUT2D eigenvalue weighted by atomic mass is 16.2. The summed E-state index contributed by atoms with van der Waals surface area (Å²) in [6.07, 6.45) is 5.87. The first kappa shape index (κ1) is 13.6. The molecular formula is C13H20N4O2. The number of rotatable bonds is 6. The molecule has 6 heteroatoms. The van der Waals surface area contributed by atoms with Crippen LogP contribution in [-0.4, -0.2) is 19.9 Å². The Labute approximate surface area is 110 Å². The molecule has 104 valence electrons. The fraction of sp³-hybridized carbons (Fsp3) is 0.615. The number of unbranched alkanes of at least 4 members (excludes halogenated alkanes) is 3. The maximum atomic E-state index is 11.6. The van der Waals surface area contributed by atoms with E-state index in [-0.39, 0.29) is 5.92 Å². The van der Waals surface area contributed by atoms with Crippen LogP contribution in [0, 0.1) is 0 Å². The minimum absolute atomic E-state index is 0.257. The summed E-state index contributed by atoms with van der Waals surface area (Å²) in [5.74, 6) is 1.02. The molecule has 0 saturated carbocycles. The third-order valence-corrected chi connectivity index (χ3v) is 3.37. The Morgan fingerprint density at radius 1 is 1.11 bits per heavy atom. The van der Waals surface area contributed by atoms with Crippen molar-refractivity contribution in [3.63, 3.8) is 0 Å². The third-order valence-electron chi connectivity index (χ3n) is 3.37. The van der Waals surface area contributed by atoms with Gasteiger partial charge in [0.1, 0.15) is 11.3 Å². The van der Waals surface area contributed by atoms with Gasteiger partial charge in [-0.25, -0.2) is 9.78 Å². The number of H-pyrrole nitrogens is 3. The summed E-state index contributed by atoms with van der Waals surface area (Å²) in [7, 11) is 0. The van der Waals surface area contributed by atoms with Crippen LogP contribution in [0.15, 0.2) is 9.59 Å². The standard InChI is InChI=1S/C13H20N4O2/c1-3-4-5-6-7-8(2)10-14-9-11(15-10)16-13(19)17-12(9)18/h8H,3-7H2,1-2H3,(H3,14,15,16,17,18,19). The maximum Gasteiger partial charge on any atom is 0.327 e. The van der Waals surface area contributed by atoms with Crippen molar-refractivity contribution in [1.82, 2.24) is 19.9 Å². The van der Waals surface area contributed by atoms with Gasteiger partial charge in [0, 0.05) is 5.92 Å². The maximum absolute atomic E-state index is 11.6. The molecule has 0 bridgehead atoms. The average Bonchev–Trinajstić information content (AvgIpc) is 2.78. The fourth-order valence-electron chi connectivity index (χ4n) is 2.20. The highest BCUT2D eigenvalue weighted by Crippen LogP contribution is 2.20. The zero-order valence-electron chi connectivity index (χ0n) is 11.4. The Kier molecular flexibility index (Phi) is 4.19. The van der Waals surface area contributed by atoms with Crippen LogP contribution >= 0.6 is 0 Å². The van der Waals surface area contributed by atoms with Gasteiger partial charge in [-0.1, -0.05) is 39.5 Å². The predicted octanol–water partition coefficient (Wildman–Crippen LogP) is 2.01. The van der Waals surface area contributed by atoms with Gasteiger partial charge < -0.3 is 4.98 Å². The Morgan fingerprint density at radius 2 is 1.89 bits per heavy atom. The lowest BCUT2D eigenvalue weighted by Gasteiger charge is -2.07. The van der Waals surface area contributed by atoms with Crippen LogP contribution in [0.3, 0.4) is 0 Å². The molecule has 0 aromatic carbocycles. The molecule has 0 aliphatic rings. The summed E-state index contributed by atoms with van der Waals surface area (Å²) >= 11 is 0. The van der Waals surface area contributed by atoms with Gasteiger partial charge in [-0.3, -0.25) is 14.8 Å². The fourth-order valence-corrected chi connectivity index (χ4v) is 2.20. The molecule has 2 aromatic heterocycles. The van der Waals surface area contributed by atoms with E-state index in [1.54, 1.807) is 0 Å². The first-order valence-corrected chi connectivity index (χ1v) is 6.84. The minimum Gasteiger partial charge on any atom is -0.336 e. The van der Waals surface area contributed by atoms with Crippen molar-refractivity contribution in [2.75, 3.05) is 0 Å². The number of nitrogens with zero attached hydrogens (tertiary/aromatic N) is 1. The lowest BCUT2D eigenvalue weighted by atomic mass is 10.0. The highest BCUT2D eigenvalue weighted by molar-refractivity contribution is 5.68. The first-order chi connectivity index (χ1) is 9.11.